The third-order valence-corrected chi connectivity index (χ3v) is 4.38. The molecule has 0 aliphatic heterocycles. The molecule has 0 saturated heterocycles. The summed E-state index contributed by atoms with van der Waals surface area (Å²) in [6.45, 7) is 0. The van der Waals surface area contributed by atoms with E-state index < -0.39 is 0 Å². The zero-order chi connectivity index (χ0) is 13.1. The highest BCUT2D eigenvalue weighted by Gasteiger charge is 2.08. The van der Waals surface area contributed by atoms with Crippen LogP contribution in [0.3, 0.4) is 0 Å². The number of halogens is 1. The summed E-state index contributed by atoms with van der Waals surface area (Å²) in [6.07, 6.45) is 1.52. The maximum absolute atomic E-state index is 12.7. The van der Waals surface area contributed by atoms with Crippen LogP contribution in [0.1, 0.15) is 5.56 Å². The van der Waals surface area contributed by atoms with Gasteiger partial charge in [0.15, 0.2) is 12.3 Å². The van der Waals surface area contributed by atoms with Crippen molar-refractivity contribution in [3.8, 4) is 0 Å². The highest BCUT2D eigenvalue weighted by atomic mass is 32.2. The molecule has 0 bridgehead atoms. The Balaban J connectivity index is 1.87. The van der Waals surface area contributed by atoms with Crippen LogP contribution in [0.25, 0.3) is 11.0 Å². The van der Waals surface area contributed by atoms with Crippen molar-refractivity contribution >= 4 is 35.1 Å². The zero-order valence-electron chi connectivity index (χ0n) is 9.99. The fourth-order valence-corrected chi connectivity index (χ4v) is 3.19. The fraction of sp³-hybridized carbons (Fsp3) is 0.0714. The van der Waals surface area contributed by atoms with E-state index in [4.69, 9.17) is 0 Å². The predicted octanol–water partition coefficient (Wildman–Crippen LogP) is 4.71. The van der Waals surface area contributed by atoms with Crippen LogP contribution in [0.15, 0.2) is 59.8 Å². The summed E-state index contributed by atoms with van der Waals surface area (Å²) in [5.74, 6) is 0.885. The Morgan fingerprint density at radius 3 is 2.68 bits per heavy atom. The molecule has 3 aromatic rings. The smallest absolute Gasteiger partial charge is 0.171 e. The molecule has 2 aromatic carbocycles. The van der Waals surface area contributed by atoms with Crippen molar-refractivity contribution in [2.45, 2.75) is 10.6 Å². The molecule has 2 nitrogen and oxygen atoms in total. The van der Waals surface area contributed by atoms with E-state index in [0.29, 0.717) is 0 Å². The molecule has 1 aromatic heterocycles. The summed E-state index contributed by atoms with van der Waals surface area (Å²) in [6, 6.07) is 16.1. The number of para-hydroxylation sites is 1. The third kappa shape index (κ3) is 2.62. The molecule has 96 valence electrons. The normalized spacial score (nSPS) is 11.0. The predicted molar refractivity (Wildman–Crippen MR) is 79.8 cm³/mol. The van der Waals surface area contributed by atoms with Crippen molar-refractivity contribution in [3.05, 3.63) is 60.4 Å². The van der Waals surface area contributed by atoms with Gasteiger partial charge in [0, 0.05) is 10.6 Å². The Kier molecular flexibility index (Phi) is 3.75. The second-order valence-electron chi connectivity index (χ2n) is 4.04. The second kappa shape index (κ2) is 5.67. The second-order valence-corrected chi connectivity index (χ2v) is 5.59. The molecule has 1 heterocycles. The van der Waals surface area contributed by atoms with Crippen LogP contribution in [0.4, 0.5) is 3.89 Å². The standard InChI is InChI=1S/C14H11FN2S2/c15-19-17-10-16-14-12(17)7-4-8-13(14)18-9-11-5-2-1-3-6-11/h1-8,10H,9H2. The summed E-state index contributed by atoms with van der Waals surface area (Å²) < 4.78 is 14.1. The van der Waals surface area contributed by atoms with Gasteiger partial charge in [-0.25, -0.2) is 8.96 Å². The highest BCUT2D eigenvalue weighted by Crippen LogP contribution is 2.30. The van der Waals surface area contributed by atoms with Crippen LogP contribution in [-0.2, 0) is 5.75 Å². The van der Waals surface area contributed by atoms with Crippen LogP contribution in [0.2, 0.25) is 0 Å². The minimum atomic E-state index is 0.173. The average Bonchev–Trinajstić information content (AvgIpc) is 2.90. The highest BCUT2D eigenvalue weighted by molar-refractivity contribution is 7.98. The number of thioether (sulfide) groups is 1. The van der Waals surface area contributed by atoms with Gasteiger partial charge in [0.05, 0.1) is 5.52 Å². The van der Waals surface area contributed by atoms with Crippen molar-refractivity contribution in [2.24, 2.45) is 0 Å². The van der Waals surface area contributed by atoms with Crippen molar-refractivity contribution in [1.82, 2.24) is 8.96 Å². The van der Waals surface area contributed by atoms with Gasteiger partial charge in [-0.2, -0.15) is 0 Å². The first kappa shape index (κ1) is 12.6. The molecule has 0 spiro atoms. The number of nitrogens with zero attached hydrogens (tertiary/aromatic N) is 2. The molecule has 0 aliphatic carbocycles. The Labute approximate surface area is 119 Å². The number of fused-ring (bicyclic) bond motifs is 1. The lowest BCUT2D eigenvalue weighted by Crippen LogP contribution is -1.82. The Morgan fingerprint density at radius 1 is 1.05 bits per heavy atom. The zero-order valence-corrected chi connectivity index (χ0v) is 11.6. The monoisotopic (exact) mass is 290 g/mol. The third-order valence-electron chi connectivity index (χ3n) is 2.82. The van der Waals surface area contributed by atoms with E-state index in [0.717, 1.165) is 21.7 Å². The van der Waals surface area contributed by atoms with Gasteiger partial charge in [0.2, 0.25) is 0 Å². The maximum Gasteiger partial charge on any atom is 0.171 e. The lowest BCUT2D eigenvalue weighted by molar-refractivity contribution is 0.919. The van der Waals surface area contributed by atoms with Crippen molar-refractivity contribution < 1.29 is 3.89 Å². The van der Waals surface area contributed by atoms with E-state index in [2.05, 4.69) is 17.1 Å². The largest absolute Gasteiger partial charge is 0.245 e. The molecule has 0 amide bonds. The lowest BCUT2D eigenvalue weighted by Gasteiger charge is -2.03. The molecule has 0 N–H and O–H groups in total. The molecular weight excluding hydrogens is 279 g/mol. The number of imidazole rings is 1. The summed E-state index contributed by atoms with van der Waals surface area (Å²) in [5.41, 5.74) is 2.93. The summed E-state index contributed by atoms with van der Waals surface area (Å²) in [5, 5.41) is 0. The van der Waals surface area contributed by atoms with E-state index in [1.165, 1.54) is 15.9 Å². The molecule has 19 heavy (non-hydrogen) atoms. The topological polar surface area (TPSA) is 17.8 Å². The number of hydrogen-bond acceptors (Lipinski definition) is 3. The SMILES string of the molecule is FSn1cnc2c(SCc3ccccc3)cccc21. The Morgan fingerprint density at radius 2 is 1.89 bits per heavy atom. The molecule has 0 aliphatic rings. The van der Waals surface area contributed by atoms with Crippen LogP contribution in [0.5, 0.6) is 0 Å². The van der Waals surface area contributed by atoms with Gasteiger partial charge in [-0.05, 0) is 17.7 Å². The lowest BCUT2D eigenvalue weighted by atomic mass is 10.2. The fourth-order valence-electron chi connectivity index (χ4n) is 1.90. The van der Waals surface area contributed by atoms with E-state index in [1.807, 2.05) is 36.4 Å². The molecule has 3 rings (SSSR count). The van der Waals surface area contributed by atoms with Crippen molar-refractivity contribution in [1.29, 1.82) is 0 Å². The van der Waals surface area contributed by atoms with E-state index in [9.17, 15) is 3.89 Å². The maximum atomic E-state index is 12.7. The van der Waals surface area contributed by atoms with Gasteiger partial charge in [0.1, 0.15) is 11.8 Å². The van der Waals surface area contributed by atoms with E-state index in [-0.39, 0.29) is 12.3 Å². The molecular formula is C14H11FN2S2. The summed E-state index contributed by atoms with van der Waals surface area (Å²) in [4.78, 5) is 5.36. The van der Waals surface area contributed by atoms with Crippen LogP contribution in [-0.4, -0.2) is 8.96 Å². The van der Waals surface area contributed by atoms with Gasteiger partial charge < -0.3 is 0 Å². The molecule has 0 fully saturated rings. The summed E-state index contributed by atoms with van der Waals surface area (Å²) >= 11 is 1.89. The Hall–Kier alpha value is -1.46. The van der Waals surface area contributed by atoms with Gasteiger partial charge in [0.25, 0.3) is 0 Å². The molecule has 0 saturated carbocycles. The van der Waals surface area contributed by atoms with Crippen LogP contribution >= 0.6 is 24.1 Å². The van der Waals surface area contributed by atoms with E-state index in [1.54, 1.807) is 11.8 Å². The average molecular weight is 290 g/mol. The van der Waals surface area contributed by atoms with Gasteiger partial charge >= 0.3 is 0 Å². The minimum absolute atomic E-state index is 0.173. The van der Waals surface area contributed by atoms with E-state index >= 15 is 0 Å². The van der Waals surface area contributed by atoms with Crippen molar-refractivity contribution in [2.75, 3.05) is 0 Å². The molecule has 0 unspecified atom stereocenters. The number of aromatic nitrogens is 2. The quantitative estimate of drug-likeness (QED) is 0.648. The minimum Gasteiger partial charge on any atom is -0.245 e. The van der Waals surface area contributed by atoms with Crippen LogP contribution < -0.4 is 0 Å². The number of hydrogen-bond donors (Lipinski definition) is 0. The molecule has 5 heteroatoms. The molecule has 0 radical (unpaired) electrons. The molecule has 0 atom stereocenters. The summed E-state index contributed by atoms with van der Waals surface area (Å²) in [7, 11) is 0. The number of rotatable bonds is 4. The first-order valence-electron chi connectivity index (χ1n) is 5.80. The first-order chi connectivity index (χ1) is 9.38. The Bertz CT molecular complexity index is 682. The first-order valence-corrected chi connectivity index (χ1v) is 7.46. The van der Waals surface area contributed by atoms with Crippen molar-refractivity contribution in [3.63, 3.8) is 0 Å². The van der Waals surface area contributed by atoms with Gasteiger partial charge in [-0.1, -0.05) is 36.4 Å². The van der Waals surface area contributed by atoms with Crippen LogP contribution in [0, 0.1) is 0 Å². The van der Waals surface area contributed by atoms with Gasteiger partial charge in [-0.3, -0.25) is 0 Å². The van der Waals surface area contributed by atoms with Gasteiger partial charge in [-0.15, -0.1) is 15.6 Å². The number of benzene rings is 2.